The van der Waals surface area contributed by atoms with Crippen molar-refractivity contribution in [3.05, 3.63) is 41.3 Å². The number of ether oxygens (including phenoxy) is 1. The van der Waals surface area contributed by atoms with Gasteiger partial charge >= 0.3 is 0 Å². The van der Waals surface area contributed by atoms with E-state index in [0.717, 1.165) is 59.0 Å². The van der Waals surface area contributed by atoms with Crippen molar-refractivity contribution in [2.24, 2.45) is 5.92 Å². The highest BCUT2D eigenvalue weighted by Crippen LogP contribution is 2.62. The summed E-state index contributed by atoms with van der Waals surface area (Å²) in [6.45, 7) is 2.94. The third-order valence-electron chi connectivity index (χ3n) is 8.49. The number of piperidine rings is 1. The summed E-state index contributed by atoms with van der Waals surface area (Å²) >= 11 is 6.71. The van der Waals surface area contributed by atoms with Gasteiger partial charge in [-0.2, -0.15) is 5.10 Å². The maximum atomic E-state index is 10.2. The average molecular weight is 481 g/mol. The summed E-state index contributed by atoms with van der Waals surface area (Å²) in [6, 6.07) is 4.23. The van der Waals surface area contributed by atoms with Crippen LogP contribution in [0.25, 0.3) is 10.9 Å². The van der Waals surface area contributed by atoms with Gasteiger partial charge in [0.15, 0.2) is 0 Å². The second-order valence-electron chi connectivity index (χ2n) is 10.6. The summed E-state index contributed by atoms with van der Waals surface area (Å²) in [6.07, 6.45) is 11.2. The van der Waals surface area contributed by atoms with Crippen LogP contribution < -0.4 is 5.32 Å². The van der Waals surface area contributed by atoms with Gasteiger partial charge in [0.1, 0.15) is 0 Å². The third-order valence-corrected chi connectivity index (χ3v) is 8.82. The summed E-state index contributed by atoms with van der Waals surface area (Å²) in [7, 11) is 0. The molecule has 0 amide bonds. The Morgan fingerprint density at radius 1 is 1.12 bits per heavy atom. The van der Waals surface area contributed by atoms with E-state index >= 15 is 0 Å². The number of aliphatic hydroxyl groups excluding tert-OH is 1. The topological polar surface area (TPSA) is 88.3 Å². The lowest BCUT2D eigenvalue weighted by Gasteiger charge is -2.61. The molecule has 34 heavy (non-hydrogen) atoms. The maximum absolute atomic E-state index is 10.2. The van der Waals surface area contributed by atoms with Crippen LogP contribution in [0, 0.1) is 5.92 Å². The summed E-state index contributed by atoms with van der Waals surface area (Å²) in [4.78, 5) is 11.7. The lowest BCUT2D eigenvalue weighted by Crippen LogP contribution is -2.59. The number of fused-ring (bicyclic) bond motifs is 1. The SMILES string of the molecule is O[C@@H]1COCC1N1CCC(c2cc3nc(Nc4cnn(C56CC(C5)C6)c4)ncc3cc2Cl)CC1. The van der Waals surface area contributed by atoms with Crippen LogP contribution in [0.3, 0.4) is 0 Å². The Morgan fingerprint density at radius 3 is 2.65 bits per heavy atom. The molecule has 2 atom stereocenters. The molecule has 2 aliphatic heterocycles. The molecular formula is C25H29ClN6O2. The van der Waals surface area contributed by atoms with E-state index < -0.39 is 0 Å². The van der Waals surface area contributed by atoms with Crippen molar-refractivity contribution in [3.63, 3.8) is 0 Å². The highest BCUT2D eigenvalue weighted by Gasteiger charge is 2.58. The van der Waals surface area contributed by atoms with Gasteiger partial charge in [-0.25, -0.2) is 9.97 Å². The number of aromatic nitrogens is 4. The lowest BCUT2D eigenvalue weighted by atomic mass is 9.50. The quantitative estimate of drug-likeness (QED) is 0.576. The van der Waals surface area contributed by atoms with E-state index in [2.05, 4.69) is 37.2 Å². The van der Waals surface area contributed by atoms with Gasteiger partial charge in [0.2, 0.25) is 5.95 Å². The lowest BCUT2D eigenvalue weighted by molar-refractivity contribution is -0.0977. The van der Waals surface area contributed by atoms with Crippen molar-refractivity contribution in [1.29, 1.82) is 0 Å². The van der Waals surface area contributed by atoms with Gasteiger partial charge in [-0.1, -0.05) is 11.6 Å². The zero-order valence-corrected chi connectivity index (χ0v) is 19.8. The van der Waals surface area contributed by atoms with Crippen LogP contribution >= 0.6 is 11.6 Å². The number of halogens is 1. The Labute approximate surface area is 203 Å². The minimum absolute atomic E-state index is 0.119. The largest absolute Gasteiger partial charge is 0.389 e. The molecule has 178 valence electrons. The normalized spacial score (nSPS) is 31.4. The highest BCUT2D eigenvalue weighted by atomic mass is 35.5. The molecule has 3 aromatic rings. The fourth-order valence-electron chi connectivity index (χ4n) is 6.35. The van der Waals surface area contributed by atoms with Crippen molar-refractivity contribution < 1.29 is 9.84 Å². The van der Waals surface area contributed by atoms with E-state index in [-0.39, 0.29) is 17.7 Å². The molecule has 0 spiro atoms. The zero-order chi connectivity index (χ0) is 22.9. The van der Waals surface area contributed by atoms with Gasteiger partial charge in [-0.3, -0.25) is 9.58 Å². The number of likely N-dealkylation sites (tertiary alicyclic amines) is 1. The minimum Gasteiger partial charge on any atom is -0.389 e. The standard InChI is InChI=1S/C25H29ClN6O2/c26-20-5-17-10-27-24(29-18-11-28-32(12-18)25-7-15(8-25)9-25)30-21(17)6-19(20)16-1-3-31(4-2-16)22-13-34-14-23(22)33/h5-6,10-12,15-16,22-23,33H,1-4,7-9,13-14H2,(H,27,29,30)/t15?,22?,23-,25?/m1/s1. The molecule has 5 fully saturated rings. The van der Waals surface area contributed by atoms with Gasteiger partial charge < -0.3 is 15.2 Å². The molecule has 0 radical (unpaired) electrons. The monoisotopic (exact) mass is 480 g/mol. The fourth-order valence-corrected chi connectivity index (χ4v) is 6.68. The molecule has 2 N–H and O–H groups in total. The van der Waals surface area contributed by atoms with Crippen molar-refractivity contribution in [1.82, 2.24) is 24.6 Å². The number of hydrogen-bond donors (Lipinski definition) is 2. The van der Waals surface area contributed by atoms with E-state index in [1.807, 2.05) is 18.5 Å². The molecule has 5 aliphatic rings. The van der Waals surface area contributed by atoms with Crippen LogP contribution in [0.15, 0.2) is 30.7 Å². The van der Waals surface area contributed by atoms with Crippen molar-refractivity contribution in [2.75, 3.05) is 31.6 Å². The second kappa shape index (κ2) is 7.88. The fraction of sp³-hybridized carbons (Fsp3) is 0.560. The molecule has 4 heterocycles. The number of benzene rings is 1. The predicted octanol–water partition coefficient (Wildman–Crippen LogP) is 3.67. The Morgan fingerprint density at radius 2 is 1.94 bits per heavy atom. The molecule has 1 aromatic carbocycles. The second-order valence-corrected chi connectivity index (χ2v) is 11.0. The Balaban J connectivity index is 1.08. The van der Waals surface area contributed by atoms with Crippen LogP contribution in [0.1, 0.15) is 43.6 Å². The van der Waals surface area contributed by atoms with E-state index in [0.29, 0.717) is 25.1 Å². The first-order chi connectivity index (χ1) is 16.6. The van der Waals surface area contributed by atoms with E-state index in [4.69, 9.17) is 21.3 Å². The Hall–Kier alpha value is -2.26. The number of nitrogens with zero attached hydrogens (tertiary/aromatic N) is 5. The van der Waals surface area contributed by atoms with Gasteiger partial charge in [0, 0.05) is 22.8 Å². The molecule has 2 bridgehead atoms. The summed E-state index contributed by atoms with van der Waals surface area (Å²) < 4.78 is 7.57. The molecule has 8 rings (SSSR count). The number of nitrogens with one attached hydrogen (secondary N) is 1. The van der Waals surface area contributed by atoms with Crippen LogP contribution in [0.5, 0.6) is 0 Å². The van der Waals surface area contributed by atoms with Gasteiger partial charge in [0.25, 0.3) is 0 Å². The van der Waals surface area contributed by atoms with Crippen LogP contribution in [0.4, 0.5) is 11.6 Å². The van der Waals surface area contributed by atoms with Crippen molar-refractivity contribution >= 4 is 34.1 Å². The van der Waals surface area contributed by atoms with E-state index in [1.54, 1.807) is 0 Å². The molecule has 3 saturated carbocycles. The number of anilines is 2. The first-order valence-corrected chi connectivity index (χ1v) is 12.7. The number of hydrogen-bond acceptors (Lipinski definition) is 7. The maximum Gasteiger partial charge on any atom is 0.227 e. The summed E-state index contributed by atoms with van der Waals surface area (Å²) in [5.74, 6) is 1.87. The molecule has 9 heteroatoms. The Bertz CT molecular complexity index is 1220. The smallest absolute Gasteiger partial charge is 0.227 e. The molecule has 2 saturated heterocycles. The van der Waals surface area contributed by atoms with Crippen LogP contribution in [0.2, 0.25) is 5.02 Å². The minimum atomic E-state index is -0.380. The number of rotatable bonds is 5. The van der Waals surface area contributed by atoms with E-state index in [9.17, 15) is 5.11 Å². The predicted molar refractivity (Wildman–Crippen MR) is 130 cm³/mol. The highest BCUT2D eigenvalue weighted by molar-refractivity contribution is 6.32. The molecule has 1 unspecified atom stereocenters. The first-order valence-electron chi connectivity index (χ1n) is 12.3. The van der Waals surface area contributed by atoms with E-state index in [1.165, 1.54) is 19.3 Å². The Kier molecular flexibility index (Phi) is 4.88. The molecular weight excluding hydrogens is 452 g/mol. The average Bonchev–Trinajstić information content (AvgIpc) is 3.41. The van der Waals surface area contributed by atoms with Gasteiger partial charge in [-0.15, -0.1) is 0 Å². The van der Waals surface area contributed by atoms with Crippen molar-refractivity contribution in [3.8, 4) is 0 Å². The molecule has 2 aromatic heterocycles. The van der Waals surface area contributed by atoms with Crippen molar-refractivity contribution in [2.45, 2.75) is 55.7 Å². The van der Waals surface area contributed by atoms with Gasteiger partial charge in [0.05, 0.1) is 48.3 Å². The number of aliphatic hydroxyl groups is 1. The molecule has 8 nitrogen and oxygen atoms in total. The van der Waals surface area contributed by atoms with Gasteiger partial charge in [-0.05, 0) is 74.7 Å². The first kappa shape index (κ1) is 21.1. The summed E-state index contributed by atoms with van der Waals surface area (Å²) in [5, 5.41) is 19.8. The summed E-state index contributed by atoms with van der Waals surface area (Å²) in [5.41, 5.74) is 3.24. The third kappa shape index (κ3) is 3.42. The van der Waals surface area contributed by atoms with Crippen LogP contribution in [-0.4, -0.2) is 68.2 Å². The van der Waals surface area contributed by atoms with Crippen LogP contribution in [-0.2, 0) is 10.3 Å². The molecule has 3 aliphatic carbocycles. The zero-order valence-electron chi connectivity index (χ0n) is 19.0.